The number of hydrogen-bond acceptors (Lipinski definition) is 6. The molecule has 0 spiro atoms. The van der Waals surface area contributed by atoms with Crippen LogP contribution in [0.2, 0.25) is 0 Å². The van der Waals surface area contributed by atoms with Crippen molar-refractivity contribution < 1.29 is 4.79 Å². The summed E-state index contributed by atoms with van der Waals surface area (Å²) in [6, 6.07) is 12.6. The summed E-state index contributed by atoms with van der Waals surface area (Å²) >= 11 is 1.44. The quantitative estimate of drug-likeness (QED) is 0.534. The summed E-state index contributed by atoms with van der Waals surface area (Å²) in [5, 5.41) is 3.85. The number of carbonyl (C=O) groups excluding carboxylic acids is 1. The molecule has 1 amide bonds. The molecule has 1 N–H and O–H groups in total. The predicted molar refractivity (Wildman–Crippen MR) is 138 cm³/mol. The number of nitrogens with one attached hydrogen (secondary N) is 1. The van der Waals surface area contributed by atoms with E-state index in [1.54, 1.807) is 12.4 Å². The Morgan fingerprint density at radius 1 is 0.909 bits per heavy atom. The van der Waals surface area contributed by atoms with E-state index in [0.29, 0.717) is 5.75 Å². The van der Waals surface area contributed by atoms with Gasteiger partial charge in [-0.3, -0.25) is 4.79 Å². The normalized spacial score (nSPS) is 13.8. The summed E-state index contributed by atoms with van der Waals surface area (Å²) in [6.45, 7) is 11.9. The van der Waals surface area contributed by atoms with Crippen LogP contribution in [-0.4, -0.2) is 47.8 Å². The summed E-state index contributed by atoms with van der Waals surface area (Å²) in [5.74, 6) is 1.12. The van der Waals surface area contributed by atoms with Crippen molar-refractivity contribution in [2.45, 2.75) is 32.7 Å². The first-order valence-electron chi connectivity index (χ1n) is 11.3. The minimum atomic E-state index is -0.0336. The number of carbonyl (C=O) groups is 1. The highest BCUT2D eigenvalue weighted by Gasteiger charge is 2.22. The third-order valence-corrected chi connectivity index (χ3v) is 6.98. The topological polar surface area (TPSA) is 61.4 Å². The number of aryl methyl sites for hydroxylation is 4. The highest BCUT2D eigenvalue weighted by molar-refractivity contribution is 8.00. The third-order valence-electron chi connectivity index (χ3n) is 6.02. The zero-order valence-corrected chi connectivity index (χ0v) is 20.6. The number of piperazine rings is 1. The number of anilines is 3. The van der Waals surface area contributed by atoms with Crippen LogP contribution >= 0.6 is 11.8 Å². The van der Waals surface area contributed by atoms with Gasteiger partial charge in [-0.1, -0.05) is 42.1 Å². The fraction of sp³-hybridized carbons (Fsp3) is 0.346. The zero-order valence-electron chi connectivity index (χ0n) is 19.8. The van der Waals surface area contributed by atoms with Crippen molar-refractivity contribution >= 4 is 34.9 Å². The Morgan fingerprint density at radius 2 is 1.58 bits per heavy atom. The van der Waals surface area contributed by atoms with Crippen LogP contribution in [0.5, 0.6) is 0 Å². The second-order valence-corrected chi connectivity index (χ2v) is 9.52. The Bertz CT molecular complexity index is 1120. The number of para-hydroxylation sites is 1. The smallest absolute Gasteiger partial charge is 0.234 e. The van der Waals surface area contributed by atoms with Crippen molar-refractivity contribution in [3.05, 3.63) is 71.0 Å². The minimum absolute atomic E-state index is 0.0336. The van der Waals surface area contributed by atoms with Crippen molar-refractivity contribution in [1.82, 2.24) is 9.97 Å². The standard InChI is InChI=1S/C26H31N5OS/c1-18-8-9-19(2)22(16-18)30-12-14-31(15-13-30)25-26(28-11-10-27-25)33-17-23(32)29-24-20(3)6-5-7-21(24)4/h5-11,16H,12-15,17H2,1-4H3,(H,29,32). The summed E-state index contributed by atoms with van der Waals surface area (Å²) in [7, 11) is 0. The molecule has 0 bridgehead atoms. The van der Waals surface area contributed by atoms with E-state index in [-0.39, 0.29) is 5.91 Å². The molecule has 0 unspecified atom stereocenters. The van der Waals surface area contributed by atoms with Crippen molar-refractivity contribution in [3.8, 4) is 0 Å². The van der Waals surface area contributed by atoms with E-state index < -0.39 is 0 Å². The Morgan fingerprint density at radius 3 is 2.30 bits per heavy atom. The number of benzene rings is 2. The van der Waals surface area contributed by atoms with Crippen LogP contribution < -0.4 is 15.1 Å². The van der Waals surface area contributed by atoms with Gasteiger partial charge in [-0.15, -0.1) is 0 Å². The van der Waals surface area contributed by atoms with Crippen LogP contribution in [0.4, 0.5) is 17.2 Å². The first-order valence-corrected chi connectivity index (χ1v) is 12.3. The molecule has 1 saturated heterocycles. The average Bonchev–Trinajstić information content (AvgIpc) is 2.82. The van der Waals surface area contributed by atoms with Crippen molar-refractivity contribution in [2.75, 3.05) is 47.0 Å². The first-order chi connectivity index (χ1) is 15.9. The summed E-state index contributed by atoms with van der Waals surface area (Å²) in [5.41, 5.74) is 6.92. The summed E-state index contributed by atoms with van der Waals surface area (Å²) in [6.07, 6.45) is 3.43. The van der Waals surface area contributed by atoms with Gasteiger partial charge < -0.3 is 15.1 Å². The molecule has 1 fully saturated rings. The first kappa shape index (κ1) is 23.1. The number of thioether (sulfide) groups is 1. The van der Waals surface area contributed by atoms with E-state index >= 15 is 0 Å². The van der Waals surface area contributed by atoms with Gasteiger partial charge >= 0.3 is 0 Å². The molecule has 172 valence electrons. The molecule has 3 aromatic rings. The SMILES string of the molecule is Cc1ccc(C)c(N2CCN(c3nccnc3SCC(=O)Nc3c(C)cccc3C)CC2)c1. The predicted octanol–water partition coefficient (Wildman–Crippen LogP) is 4.77. The van der Waals surface area contributed by atoms with E-state index in [1.807, 2.05) is 32.0 Å². The maximum Gasteiger partial charge on any atom is 0.234 e. The molecule has 0 saturated carbocycles. The van der Waals surface area contributed by atoms with E-state index in [2.05, 4.69) is 57.1 Å². The van der Waals surface area contributed by atoms with E-state index in [0.717, 1.165) is 53.8 Å². The average molecular weight is 462 g/mol. The van der Waals surface area contributed by atoms with Crippen LogP contribution in [0.1, 0.15) is 22.3 Å². The van der Waals surface area contributed by atoms with Crippen LogP contribution in [-0.2, 0) is 4.79 Å². The van der Waals surface area contributed by atoms with Crippen LogP contribution in [0.25, 0.3) is 0 Å². The molecule has 0 radical (unpaired) electrons. The van der Waals surface area contributed by atoms with E-state index in [1.165, 1.54) is 28.6 Å². The molecule has 4 rings (SSSR count). The molecule has 0 aliphatic carbocycles. The lowest BCUT2D eigenvalue weighted by Crippen LogP contribution is -2.47. The highest BCUT2D eigenvalue weighted by Crippen LogP contribution is 2.29. The molecular weight excluding hydrogens is 430 g/mol. The van der Waals surface area contributed by atoms with Gasteiger partial charge in [0.15, 0.2) is 5.82 Å². The van der Waals surface area contributed by atoms with Gasteiger partial charge in [0.2, 0.25) is 5.91 Å². The van der Waals surface area contributed by atoms with Gasteiger partial charge in [-0.05, 0) is 56.0 Å². The molecule has 1 aliphatic rings. The monoisotopic (exact) mass is 461 g/mol. The van der Waals surface area contributed by atoms with Crippen LogP contribution in [0, 0.1) is 27.7 Å². The number of nitrogens with zero attached hydrogens (tertiary/aromatic N) is 4. The van der Waals surface area contributed by atoms with Gasteiger partial charge in [0.25, 0.3) is 0 Å². The second-order valence-electron chi connectivity index (χ2n) is 8.55. The number of aromatic nitrogens is 2. The van der Waals surface area contributed by atoms with E-state index in [4.69, 9.17) is 0 Å². The maximum absolute atomic E-state index is 12.6. The minimum Gasteiger partial charge on any atom is -0.368 e. The van der Waals surface area contributed by atoms with Crippen molar-refractivity contribution in [3.63, 3.8) is 0 Å². The molecule has 33 heavy (non-hydrogen) atoms. The maximum atomic E-state index is 12.6. The van der Waals surface area contributed by atoms with Gasteiger partial charge in [0.1, 0.15) is 5.03 Å². The lowest BCUT2D eigenvalue weighted by Gasteiger charge is -2.37. The zero-order chi connectivity index (χ0) is 23.4. The third kappa shape index (κ3) is 5.47. The van der Waals surface area contributed by atoms with Crippen molar-refractivity contribution in [2.24, 2.45) is 0 Å². The second kappa shape index (κ2) is 10.3. The number of amides is 1. The molecule has 2 aromatic carbocycles. The Balaban J connectivity index is 1.39. The van der Waals surface area contributed by atoms with E-state index in [9.17, 15) is 4.79 Å². The Kier molecular flexibility index (Phi) is 7.18. The van der Waals surface area contributed by atoms with Crippen LogP contribution in [0.3, 0.4) is 0 Å². The molecule has 6 nitrogen and oxygen atoms in total. The van der Waals surface area contributed by atoms with Crippen LogP contribution in [0.15, 0.2) is 53.8 Å². The molecule has 1 aromatic heterocycles. The van der Waals surface area contributed by atoms with Gasteiger partial charge in [-0.2, -0.15) is 0 Å². The fourth-order valence-electron chi connectivity index (χ4n) is 4.18. The number of rotatable bonds is 6. The molecular formula is C26H31N5OS. The summed E-state index contributed by atoms with van der Waals surface area (Å²) in [4.78, 5) is 26.5. The lowest BCUT2D eigenvalue weighted by molar-refractivity contribution is -0.113. The fourth-order valence-corrected chi connectivity index (χ4v) is 4.96. The van der Waals surface area contributed by atoms with Gasteiger partial charge in [-0.25, -0.2) is 9.97 Å². The summed E-state index contributed by atoms with van der Waals surface area (Å²) < 4.78 is 0. The molecule has 7 heteroatoms. The largest absolute Gasteiger partial charge is 0.368 e. The highest BCUT2D eigenvalue weighted by atomic mass is 32.2. The van der Waals surface area contributed by atoms with Gasteiger partial charge in [0, 0.05) is 49.9 Å². The Labute approximate surface area is 200 Å². The lowest BCUT2D eigenvalue weighted by atomic mass is 10.1. The van der Waals surface area contributed by atoms with Gasteiger partial charge in [0.05, 0.1) is 5.75 Å². The number of hydrogen-bond donors (Lipinski definition) is 1. The molecule has 1 aliphatic heterocycles. The van der Waals surface area contributed by atoms with Crippen molar-refractivity contribution in [1.29, 1.82) is 0 Å². The molecule has 2 heterocycles. The Hall–Kier alpha value is -3.06. The molecule has 0 atom stereocenters.